The first-order chi connectivity index (χ1) is 10.1. The summed E-state index contributed by atoms with van der Waals surface area (Å²) in [7, 11) is 0. The van der Waals surface area contributed by atoms with Gasteiger partial charge < -0.3 is 9.73 Å². The Kier molecular flexibility index (Phi) is 5.51. The summed E-state index contributed by atoms with van der Waals surface area (Å²) in [5, 5.41) is 13.7. The number of carbonyl (C=O) groups is 1. The monoisotopic (exact) mass is 324 g/mol. The molecule has 2 heterocycles. The van der Waals surface area contributed by atoms with Crippen molar-refractivity contribution in [3.63, 3.8) is 0 Å². The van der Waals surface area contributed by atoms with Crippen LogP contribution in [0.15, 0.2) is 27.7 Å². The van der Waals surface area contributed by atoms with Gasteiger partial charge in [0, 0.05) is 11.9 Å². The van der Waals surface area contributed by atoms with Crippen LogP contribution in [-0.2, 0) is 11.2 Å². The Morgan fingerprint density at radius 3 is 3.10 bits per heavy atom. The Balaban J connectivity index is 1.90. The molecular weight excluding hydrogens is 308 g/mol. The molecule has 21 heavy (non-hydrogen) atoms. The Hall–Kier alpha value is -1.67. The molecule has 1 N–H and O–H groups in total. The molecule has 1 amide bonds. The molecule has 2 aromatic rings. The molecule has 0 aliphatic rings. The van der Waals surface area contributed by atoms with E-state index in [2.05, 4.69) is 27.1 Å². The van der Waals surface area contributed by atoms with E-state index in [1.54, 1.807) is 24.3 Å². The number of thiazole rings is 1. The fraction of sp³-hybridized carbons (Fsp3) is 0.385. The van der Waals surface area contributed by atoms with Crippen molar-refractivity contribution in [1.29, 1.82) is 0 Å². The molecule has 8 heteroatoms. The van der Waals surface area contributed by atoms with E-state index >= 15 is 0 Å². The van der Waals surface area contributed by atoms with E-state index in [4.69, 9.17) is 4.42 Å². The summed E-state index contributed by atoms with van der Waals surface area (Å²) in [6.45, 7) is 7.74. The van der Waals surface area contributed by atoms with Crippen LogP contribution < -0.4 is 5.32 Å². The van der Waals surface area contributed by atoms with Crippen LogP contribution in [-0.4, -0.2) is 32.9 Å². The van der Waals surface area contributed by atoms with E-state index in [0.29, 0.717) is 24.1 Å². The Labute approximate surface area is 131 Å². The summed E-state index contributed by atoms with van der Waals surface area (Å²) in [5.74, 6) is 0.413. The van der Waals surface area contributed by atoms with E-state index in [1.165, 1.54) is 11.8 Å². The summed E-state index contributed by atoms with van der Waals surface area (Å²) in [6, 6.07) is 0. The van der Waals surface area contributed by atoms with Crippen LogP contribution in [0.2, 0.25) is 0 Å². The summed E-state index contributed by atoms with van der Waals surface area (Å²) >= 11 is 2.82. The molecule has 1 atom stereocenters. The predicted octanol–water partition coefficient (Wildman–Crippen LogP) is 2.21. The zero-order valence-corrected chi connectivity index (χ0v) is 13.5. The second kappa shape index (κ2) is 7.37. The van der Waals surface area contributed by atoms with Gasteiger partial charge in [-0.15, -0.1) is 28.1 Å². The van der Waals surface area contributed by atoms with Crippen LogP contribution in [0.5, 0.6) is 0 Å². The summed E-state index contributed by atoms with van der Waals surface area (Å²) in [5.41, 5.74) is 0.912. The normalized spacial score (nSPS) is 12.1. The van der Waals surface area contributed by atoms with E-state index < -0.39 is 0 Å². The molecule has 0 radical (unpaired) electrons. The third kappa shape index (κ3) is 4.68. The van der Waals surface area contributed by atoms with Gasteiger partial charge in [0.15, 0.2) is 0 Å². The summed E-state index contributed by atoms with van der Waals surface area (Å²) < 4.78 is 5.53. The van der Waals surface area contributed by atoms with Gasteiger partial charge in [-0.3, -0.25) is 4.79 Å². The SMILES string of the molecule is C=CCNC(=O)C(C)Sc1nnc(Cc2csc(C)n2)o1. The van der Waals surface area contributed by atoms with Gasteiger partial charge in [0.05, 0.1) is 22.4 Å². The van der Waals surface area contributed by atoms with E-state index in [0.717, 1.165) is 10.7 Å². The van der Waals surface area contributed by atoms with Crippen molar-refractivity contribution in [2.45, 2.75) is 30.7 Å². The van der Waals surface area contributed by atoms with Gasteiger partial charge in [0.2, 0.25) is 11.8 Å². The second-order valence-electron chi connectivity index (χ2n) is 4.29. The number of carbonyl (C=O) groups excluding carboxylic acids is 1. The maximum absolute atomic E-state index is 11.7. The van der Waals surface area contributed by atoms with E-state index in [1.807, 2.05) is 12.3 Å². The maximum Gasteiger partial charge on any atom is 0.277 e. The fourth-order valence-electron chi connectivity index (χ4n) is 1.52. The van der Waals surface area contributed by atoms with Crippen molar-refractivity contribution in [1.82, 2.24) is 20.5 Å². The summed E-state index contributed by atoms with van der Waals surface area (Å²) in [6.07, 6.45) is 2.14. The van der Waals surface area contributed by atoms with Crippen molar-refractivity contribution in [2.24, 2.45) is 0 Å². The number of rotatable bonds is 7. The smallest absolute Gasteiger partial charge is 0.277 e. The van der Waals surface area contributed by atoms with Gasteiger partial charge in [-0.05, 0) is 13.8 Å². The lowest BCUT2D eigenvalue weighted by atomic mass is 10.3. The van der Waals surface area contributed by atoms with Crippen molar-refractivity contribution in [3.05, 3.63) is 34.6 Å². The lowest BCUT2D eigenvalue weighted by Gasteiger charge is -2.07. The average molecular weight is 324 g/mol. The zero-order chi connectivity index (χ0) is 15.2. The van der Waals surface area contributed by atoms with Crippen molar-refractivity contribution >= 4 is 29.0 Å². The third-order valence-electron chi connectivity index (χ3n) is 2.51. The molecule has 6 nitrogen and oxygen atoms in total. The van der Waals surface area contributed by atoms with Crippen molar-refractivity contribution < 1.29 is 9.21 Å². The van der Waals surface area contributed by atoms with Gasteiger partial charge in [-0.1, -0.05) is 17.8 Å². The first kappa shape index (κ1) is 15.7. The van der Waals surface area contributed by atoms with Crippen LogP contribution >= 0.6 is 23.1 Å². The minimum Gasteiger partial charge on any atom is -0.416 e. The molecule has 0 fully saturated rings. The van der Waals surface area contributed by atoms with Crippen molar-refractivity contribution in [3.8, 4) is 0 Å². The third-order valence-corrected chi connectivity index (χ3v) is 4.27. The van der Waals surface area contributed by atoms with E-state index in [9.17, 15) is 4.79 Å². The molecule has 1 unspecified atom stereocenters. The van der Waals surface area contributed by atoms with Crippen LogP contribution in [0.1, 0.15) is 23.5 Å². The lowest BCUT2D eigenvalue weighted by molar-refractivity contribution is -0.120. The van der Waals surface area contributed by atoms with Gasteiger partial charge in [0.1, 0.15) is 0 Å². The summed E-state index contributed by atoms with van der Waals surface area (Å²) in [4.78, 5) is 16.1. The molecule has 0 bridgehead atoms. The number of aryl methyl sites for hydroxylation is 1. The Bertz CT molecular complexity index is 623. The molecule has 0 aliphatic heterocycles. The highest BCUT2D eigenvalue weighted by Gasteiger charge is 2.18. The number of nitrogens with one attached hydrogen (secondary N) is 1. The number of amides is 1. The molecule has 0 aromatic carbocycles. The highest BCUT2D eigenvalue weighted by molar-refractivity contribution is 8.00. The zero-order valence-electron chi connectivity index (χ0n) is 11.8. The highest BCUT2D eigenvalue weighted by Crippen LogP contribution is 2.22. The first-order valence-corrected chi connectivity index (χ1v) is 8.13. The minimum atomic E-state index is -0.306. The average Bonchev–Trinajstić information content (AvgIpc) is 3.06. The Morgan fingerprint density at radius 2 is 2.43 bits per heavy atom. The number of thioether (sulfide) groups is 1. The van der Waals surface area contributed by atoms with Crippen LogP contribution in [0.25, 0.3) is 0 Å². The standard InChI is InChI=1S/C13H16N4O2S2/c1-4-5-14-12(18)8(2)21-13-17-16-11(19-13)6-10-7-20-9(3)15-10/h4,7-8H,1,5-6H2,2-3H3,(H,14,18). The molecular formula is C13H16N4O2S2. The first-order valence-electron chi connectivity index (χ1n) is 6.37. The topological polar surface area (TPSA) is 80.9 Å². The van der Waals surface area contributed by atoms with Gasteiger partial charge in [-0.2, -0.15) is 0 Å². The van der Waals surface area contributed by atoms with Crippen LogP contribution in [0, 0.1) is 6.92 Å². The van der Waals surface area contributed by atoms with Crippen molar-refractivity contribution in [2.75, 3.05) is 6.54 Å². The molecule has 0 spiro atoms. The van der Waals surface area contributed by atoms with Gasteiger partial charge in [0.25, 0.3) is 5.22 Å². The number of aromatic nitrogens is 3. The van der Waals surface area contributed by atoms with Crippen LogP contribution in [0.3, 0.4) is 0 Å². The number of hydrogen-bond donors (Lipinski definition) is 1. The maximum atomic E-state index is 11.7. The fourth-order valence-corrected chi connectivity index (χ4v) is 2.86. The number of nitrogens with zero attached hydrogens (tertiary/aromatic N) is 3. The largest absolute Gasteiger partial charge is 0.416 e. The molecule has 2 rings (SSSR count). The van der Waals surface area contributed by atoms with Crippen LogP contribution in [0.4, 0.5) is 0 Å². The number of hydrogen-bond acceptors (Lipinski definition) is 7. The molecule has 112 valence electrons. The highest BCUT2D eigenvalue weighted by atomic mass is 32.2. The predicted molar refractivity (Wildman–Crippen MR) is 82.5 cm³/mol. The molecule has 0 saturated carbocycles. The Morgan fingerprint density at radius 1 is 1.62 bits per heavy atom. The molecule has 0 saturated heterocycles. The second-order valence-corrected chi connectivity index (χ2v) is 6.64. The van der Waals surface area contributed by atoms with Gasteiger partial charge >= 0.3 is 0 Å². The molecule has 2 aromatic heterocycles. The minimum absolute atomic E-state index is 0.0882. The molecule has 0 aliphatic carbocycles. The van der Waals surface area contributed by atoms with E-state index in [-0.39, 0.29) is 11.2 Å². The van der Waals surface area contributed by atoms with Gasteiger partial charge in [-0.25, -0.2) is 4.98 Å². The lowest BCUT2D eigenvalue weighted by Crippen LogP contribution is -2.30. The quantitative estimate of drug-likeness (QED) is 0.621.